The van der Waals surface area contributed by atoms with Gasteiger partial charge in [0.2, 0.25) is 10.0 Å². The minimum absolute atomic E-state index is 0.151. The molecule has 0 radical (unpaired) electrons. The summed E-state index contributed by atoms with van der Waals surface area (Å²) in [7, 11) is -3.54. The van der Waals surface area contributed by atoms with E-state index in [0.29, 0.717) is 24.3 Å². The highest BCUT2D eigenvalue weighted by Crippen LogP contribution is 2.15. The second kappa shape index (κ2) is 8.56. The third-order valence-electron chi connectivity index (χ3n) is 4.82. The molecule has 1 saturated heterocycles. The van der Waals surface area contributed by atoms with Gasteiger partial charge in [-0.15, -0.1) is 5.10 Å². The molecule has 9 nitrogen and oxygen atoms in total. The molecule has 0 N–H and O–H groups in total. The Bertz CT molecular complexity index is 1140. The van der Waals surface area contributed by atoms with Crippen LogP contribution in [0.4, 0.5) is 0 Å². The summed E-state index contributed by atoms with van der Waals surface area (Å²) in [5.41, 5.74) is 2.00. The second-order valence-corrected chi connectivity index (χ2v) is 8.57. The smallest absolute Gasteiger partial charge is 0.254 e. The van der Waals surface area contributed by atoms with E-state index >= 15 is 0 Å². The van der Waals surface area contributed by atoms with Crippen molar-refractivity contribution in [3.63, 3.8) is 0 Å². The lowest BCUT2D eigenvalue weighted by Gasteiger charge is -2.33. The fraction of sp³-hybridized carbons (Fsp3) is 0.200. The third kappa shape index (κ3) is 4.44. The molecule has 1 amide bonds. The fourth-order valence-electron chi connectivity index (χ4n) is 3.20. The zero-order chi connectivity index (χ0) is 21.0. The van der Waals surface area contributed by atoms with E-state index in [4.69, 9.17) is 0 Å². The van der Waals surface area contributed by atoms with Gasteiger partial charge in [-0.05, 0) is 40.3 Å². The molecule has 0 atom stereocenters. The Kier molecular flexibility index (Phi) is 5.68. The Labute approximate surface area is 174 Å². The summed E-state index contributed by atoms with van der Waals surface area (Å²) < 4.78 is 28.1. The van der Waals surface area contributed by atoms with Gasteiger partial charge in [0.25, 0.3) is 5.91 Å². The van der Waals surface area contributed by atoms with E-state index in [-0.39, 0.29) is 19.0 Å². The molecule has 0 unspecified atom stereocenters. The van der Waals surface area contributed by atoms with Crippen molar-refractivity contribution < 1.29 is 13.2 Å². The van der Waals surface area contributed by atoms with Gasteiger partial charge in [-0.1, -0.05) is 36.4 Å². The van der Waals surface area contributed by atoms with Gasteiger partial charge in [-0.25, -0.2) is 13.1 Å². The highest BCUT2D eigenvalue weighted by atomic mass is 32.2. The SMILES string of the molecule is O=C(c1cccc(-n2cnnn2)c1)N1CCN(S(=O)(=O)C=Cc2ccccc2)CC1. The van der Waals surface area contributed by atoms with E-state index in [1.165, 1.54) is 20.7 Å². The average molecular weight is 424 g/mol. The Hall–Kier alpha value is -3.37. The number of tetrazole rings is 1. The number of benzene rings is 2. The van der Waals surface area contributed by atoms with Gasteiger partial charge < -0.3 is 4.90 Å². The number of carbonyl (C=O) groups is 1. The number of aromatic nitrogens is 4. The normalized spacial score (nSPS) is 15.5. The Morgan fingerprint density at radius 3 is 2.43 bits per heavy atom. The van der Waals surface area contributed by atoms with Crippen molar-refractivity contribution in [3.8, 4) is 5.69 Å². The van der Waals surface area contributed by atoms with Crippen LogP contribution in [0.5, 0.6) is 0 Å². The Morgan fingerprint density at radius 2 is 1.73 bits per heavy atom. The average Bonchev–Trinajstić information content (AvgIpc) is 3.33. The van der Waals surface area contributed by atoms with E-state index in [0.717, 1.165) is 5.56 Å². The predicted octanol–water partition coefficient (Wildman–Crippen LogP) is 1.42. The minimum Gasteiger partial charge on any atom is -0.336 e. The first-order valence-corrected chi connectivity index (χ1v) is 10.9. The number of rotatable bonds is 5. The molecule has 2 aromatic carbocycles. The summed E-state index contributed by atoms with van der Waals surface area (Å²) >= 11 is 0. The summed E-state index contributed by atoms with van der Waals surface area (Å²) in [4.78, 5) is 14.5. The first-order valence-electron chi connectivity index (χ1n) is 9.39. The van der Waals surface area contributed by atoms with Gasteiger partial charge in [0, 0.05) is 37.2 Å². The van der Waals surface area contributed by atoms with Gasteiger partial charge in [-0.2, -0.15) is 4.31 Å². The number of amides is 1. The van der Waals surface area contributed by atoms with Crippen molar-refractivity contribution in [1.29, 1.82) is 0 Å². The van der Waals surface area contributed by atoms with Crippen LogP contribution in [0.1, 0.15) is 15.9 Å². The number of hydrogen-bond acceptors (Lipinski definition) is 6. The summed E-state index contributed by atoms with van der Waals surface area (Å²) in [5.74, 6) is -0.151. The lowest BCUT2D eigenvalue weighted by Crippen LogP contribution is -2.50. The van der Waals surface area contributed by atoms with Gasteiger partial charge >= 0.3 is 0 Å². The molecule has 1 aliphatic heterocycles. The molecule has 0 aliphatic carbocycles. The molecule has 30 heavy (non-hydrogen) atoms. The first kappa shape index (κ1) is 19.9. The molecular formula is C20H20N6O3S. The van der Waals surface area contributed by atoms with Crippen LogP contribution in [0.3, 0.4) is 0 Å². The highest BCUT2D eigenvalue weighted by molar-refractivity contribution is 7.92. The monoisotopic (exact) mass is 424 g/mol. The summed E-state index contributed by atoms with van der Waals surface area (Å²) in [6.45, 7) is 1.15. The molecule has 4 rings (SSSR count). The van der Waals surface area contributed by atoms with Crippen LogP contribution in [0.15, 0.2) is 66.3 Å². The molecule has 0 bridgehead atoms. The van der Waals surface area contributed by atoms with Crippen molar-refractivity contribution in [2.45, 2.75) is 0 Å². The molecule has 10 heteroatoms. The zero-order valence-corrected chi connectivity index (χ0v) is 16.9. The Morgan fingerprint density at radius 1 is 0.967 bits per heavy atom. The standard InChI is InChI=1S/C20H20N6O3S/c27-20(18-7-4-8-19(15-18)26-16-21-22-23-26)24-10-12-25(13-11-24)30(28,29)14-9-17-5-2-1-3-6-17/h1-9,14-16H,10-13H2. The molecule has 2 heterocycles. The number of carbonyl (C=O) groups excluding carboxylic acids is 1. The number of piperazine rings is 1. The number of nitrogens with zero attached hydrogens (tertiary/aromatic N) is 6. The van der Waals surface area contributed by atoms with E-state index in [1.807, 2.05) is 30.3 Å². The summed E-state index contributed by atoms with van der Waals surface area (Å²) in [6.07, 6.45) is 3.04. The zero-order valence-electron chi connectivity index (χ0n) is 16.1. The largest absolute Gasteiger partial charge is 0.336 e. The van der Waals surface area contributed by atoms with Crippen LogP contribution < -0.4 is 0 Å². The molecule has 154 valence electrons. The van der Waals surface area contributed by atoms with E-state index in [2.05, 4.69) is 15.5 Å². The van der Waals surface area contributed by atoms with Gasteiger partial charge in [0.05, 0.1) is 5.69 Å². The summed E-state index contributed by atoms with van der Waals surface area (Å²) in [5, 5.41) is 12.2. The quantitative estimate of drug-likeness (QED) is 0.614. The molecule has 3 aromatic rings. The second-order valence-electron chi connectivity index (χ2n) is 6.75. The summed E-state index contributed by atoms with van der Waals surface area (Å²) in [6, 6.07) is 16.3. The Balaban J connectivity index is 1.40. The maximum atomic E-state index is 12.9. The number of hydrogen-bond donors (Lipinski definition) is 0. The van der Waals surface area contributed by atoms with E-state index < -0.39 is 10.0 Å². The maximum Gasteiger partial charge on any atom is 0.254 e. The van der Waals surface area contributed by atoms with Crippen molar-refractivity contribution in [2.75, 3.05) is 26.2 Å². The maximum absolute atomic E-state index is 12.9. The molecule has 1 fully saturated rings. The predicted molar refractivity (Wildman–Crippen MR) is 111 cm³/mol. The van der Waals surface area contributed by atoms with Crippen molar-refractivity contribution in [3.05, 3.63) is 77.5 Å². The van der Waals surface area contributed by atoms with Crippen molar-refractivity contribution in [1.82, 2.24) is 29.4 Å². The minimum atomic E-state index is -3.54. The molecule has 0 spiro atoms. The molecule has 1 aliphatic rings. The van der Waals surface area contributed by atoms with Crippen LogP contribution in [0, 0.1) is 0 Å². The van der Waals surface area contributed by atoms with Gasteiger partial charge in [0.15, 0.2) is 0 Å². The van der Waals surface area contributed by atoms with Crippen LogP contribution in [0.2, 0.25) is 0 Å². The lowest BCUT2D eigenvalue weighted by molar-refractivity contribution is 0.0698. The molecule has 0 saturated carbocycles. The van der Waals surface area contributed by atoms with Gasteiger partial charge in [0.1, 0.15) is 6.33 Å². The molecule has 1 aromatic heterocycles. The highest BCUT2D eigenvalue weighted by Gasteiger charge is 2.28. The third-order valence-corrected chi connectivity index (χ3v) is 6.39. The van der Waals surface area contributed by atoms with E-state index in [1.54, 1.807) is 35.2 Å². The topological polar surface area (TPSA) is 101 Å². The van der Waals surface area contributed by atoms with Crippen molar-refractivity contribution >= 4 is 22.0 Å². The lowest BCUT2D eigenvalue weighted by atomic mass is 10.1. The van der Waals surface area contributed by atoms with Crippen LogP contribution in [-0.4, -0.2) is 69.9 Å². The molecular weight excluding hydrogens is 404 g/mol. The van der Waals surface area contributed by atoms with Crippen LogP contribution >= 0.6 is 0 Å². The van der Waals surface area contributed by atoms with Crippen molar-refractivity contribution in [2.24, 2.45) is 0 Å². The van der Waals surface area contributed by atoms with E-state index in [9.17, 15) is 13.2 Å². The van der Waals surface area contributed by atoms with Crippen LogP contribution in [-0.2, 0) is 10.0 Å². The fourth-order valence-corrected chi connectivity index (χ4v) is 4.38. The van der Waals surface area contributed by atoms with Crippen LogP contribution in [0.25, 0.3) is 11.8 Å². The first-order chi connectivity index (χ1) is 14.5. The van der Waals surface area contributed by atoms with Gasteiger partial charge in [-0.3, -0.25) is 4.79 Å². The number of sulfonamides is 1.